The number of benzene rings is 1. The monoisotopic (exact) mass is 270 g/mol. The molecule has 3 heteroatoms. The highest BCUT2D eigenvalue weighted by Gasteiger charge is 2.20. The second kappa shape index (κ2) is 4.73. The van der Waals surface area contributed by atoms with Gasteiger partial charge in [0.1, 0.15) is 5.01 Å². The van der Waals surface area contributed by atoms with Crippen LogP contribution in [0.25, 0.3) is 11.3 Å². The lowest BCUT2D eigenvalue weighted by atomic mass is 10.1. The van der Waals surface area contributed by atoms with Gasteiger partial charge in [-0.05, 0) is 49.3 Å². The minimum Gasteiger partial charge on any atom is -0.308 e. The van der Waals surface area contributed by atoms with Gasteiger partial charge in [0.25, 0.3) is 0 Å². The molecule has 4 rings (SSSR count). The van der Waals surface area contributed by atoms with Gasteiger partial charge in [0.05, 0.1) is 5.69 Å². The number of nitrogens with zero attached hydrogens (tertiary/aromatic N) is 1. The summed E-state index contributed by atoms with van der Waals surface area (Å²) >= 11 is 1.77. The minimum absolute atomic E-state index is 0.757. The molecular weight excluding hydrogens is 252 g/mol. The molecule has 0 radical (unpaired) electrons. The van der Waals surface area contributed by atoms with Crippen molar-refractivity contribution < 1.29 is 0 Å². The molecule has 0 spiro atoms. The van der Waals surface area contributed by atoms with Gasteiger partial charge in [-0.3, -0.25) is 0 Å². The van der Waals surface area contributed by atoms with Gasteiger partial charge >= 0.3 is 0 Å². The highest BCUT2D eigenvalue weighted by molar-refractivity contribution is 7.09. The van der Waals surface area contributed by atoms with Crippen molar-refractivity contribution in [1.82, 2.24) is 10.3 Å². The van der Waals surface area contributed by atoms with Gasteiger partial charge in [0.15, 0.2) is 0 Å². The van der Waals surface area contributed by atoms with Crippen LogP contribution in [0.5, 0.6) is 0 Å². The standard InChI is InChI=1S/C16H18N2S/c1-2-11-4-5-13(8-12(11)3-1)15-10-19-16(18-15)9-17-14-6-7-14/h4-5,8,10,14,17H,1-3,6-7,9H2. The Morgan fingerprint density at radius 2 is 2.11 bits per heavy atom. The SMILES string of the molecule is c1cc2c(cc1-c1csc(CNC3CC3)n1)CCC2. The lowest BCUT2D eigenvalue weighted by molar-refractivity contribution is 0.685. The van der Waals surface area contributed by atoms with Gasteiger partial charge in [-0.2, -0.15) is 0 Å². The van der Waals surface area contributed by atoms with Gasteiger partial charge in [-0.15, -0.1) is 11.3 Å². The van der Waals surface area contributed by atoms with Gasteiger partial charge in [0.2, 0.25) is 0 Å². The molecular formula is C16H18N2S. The molecule has 19 heavy (non-hydrogen) atoms. The lowest BCUT2D eigenvalue weighted by Crippen LogP contribution is -2.14. The summed E-state index contributed by atoms with van der Waals surface area (Å²) < 4.78 is 0. The summed E-state index contributed by atoms with van der Waals surface area (Å²) in [4.78, 5) is 4.76. The maximum absolute atomic E-state index is 4.76. The van der Waals surface area contributed by atoms with E-state index < -0.39 is 0 Å². The summed E-state index contributed by atoms with van der Waals surface area (Å²) in [6.07, 6.45) is 6.48. The maximum atomic E-state index is 4.76. The van der Waals surface area contributed by atoms with Crippen molar-refractivity contribution in [2.75, 3.05) is 0 Å². The molecule has 1 heterocycles. The number of nitrogens with one attached hydrogen (secondary N) is 1. The molecule has 1 saturated carbocycles. The Kier molecular flexibility index (Phi) is 2.89. The van der Waals surface area contributed by atoms with Crippen LogP contribution in [0.4, 0.5) is 0 Å². The summed E-state index contributed by atoms with van der Waals surface area (Å²) in [5.74, 6) is 0. The molecule has 1 aromatic carbocycles. The first-order chi connectivity index (χ1) is 9.38. The summed E-state index contributed by atoms with van der Waals surface area (Å²) in [6.45, 7) is 0.931. The van der Waals surface area contributed by atoms with Crippen LogP contribution in [0.15, 0.2) is 23.6 Å². The van der Waals surface area contributed by atoms with Crippen molar-refractivity contribution in [2.45, 2.75) is 44.7 Å². The molecule has 1 aromatic heterocycles. The number of rotatable bonds is 4. The Bertz CT molecular complexity index is 599. The van der Waals surface area contributed by atoms with Crippen molar-refractivity contribution >= 4 is 11.3 Å². The minimum atomic E-state index is 0.757. The zero-order valence-electron chi connectivity index (χ0n) is 11.0. The van der Waals surface area contributed by atoms with Crippen LogP contribution in [-0.4, -0.2) is 11.0 Å². The number of fused-ring (bicyclic) bond motifs is 1. The van der Waals surface area contributed by atoms with Crippen LogP contribution in [0, 0.1) is 0 Å². The van der Waals surface area contributed by atoms with E-state index in [1.54, 1.807) is 11.3 Å². The molecule has 0 unspecified atom stereocenters. The van der Waals surface area contributed by atoms with E-state index in [9.17, 15) is 0 Å². The topological polar surface area (TPSA) is 24.9 Å². The predicted molar refractivity (Wildman–Crippen MR) is 79.4 cm³/mol. The average molecular weight is 270 g/mol. The van der Waals surface area contributed by atoms with Crippen LogP contribution < -0.4 is 5.32 Å². The van der Waals surface area contributed by atoms with E-state index in [1.807, 2.05) is 0 Å². The van der Waals surface area contributed by atoms with Crippen molar-refractivity contribution in [3.63, 3.8) is 0 Å². The van der Waals surface area contributed by atoms with E-state index in [2.05, 4.69) is 28.9 Å². The summed E-state index contributed by atoms with van der Waals surface area (Å²) in [7, 11) is 0. The maximum Gasteiger partial charge on any atom is 0.107 e. The van der Waals surface area contributed by atoms with E-state index in [0.29, 0.717) is 0 Å². The second-order valence-electron chi connectivity index (χ2n) is 5.62. The summed E-state index contributed by atoms with van der Waals surface area (Å²) in [6, 6.07) is 7.62. The molecule has 1 fully saturated rings. The molecule has 0 bridgehead atoms. The smallest absolute Gasteiger partial charge is 0.107 e. The van der Waals surface area contributed by atoms with Crippen molar-refractivity contribution in [1.29, 1.82) is 0 Å². The number of thiazole rings is 1. The molecule has 1 N–H and O–H groups in total. The quantitative estimate of drug-likeness (QED) is 0.919. The van der Waals surface area contributed by atoms with Crippen LogP contribution >= 0.6 is 11.3 Å². The Morgan fingerprint density at radius 1 is 1.21 bits per heavy atom. The molecule has 2 aromatic rings. The predicted octanol–water partition coefficient (Wildman–Crippen LogP) is 3.55. The summed E-state index contributed by atoms with van der Waals surface area (Å²) in [5, 5.41) is 6.93. The van der Waals surface area contributed by atoms with Crippen LogP contribution in [0.1, 0.15) is 35.4 Å². The zero-order valence-corrected chi connectivity index (χ0v) is 11.8. The zero-order chi connectivity index (χ0) is 12.7. The fraction of sp³-hybridized carbons (Fsp3) is 0.438. The van der Waals surface area contributed by atoms with E-state index in [0.717, 1.165) is 18.3 Å². The second-order valence-corrected chi connectivity index (χ2v) is 6.56. The molecule has 2 aliphatic rings. The highest BCUT2D eigenvalue weighted by Crippen LogP contribution is 2.29. The molecule has 0 aliphatic heterocycles. The van der Waals surface area contributed by atoms with E-state index in [-0.39, 0.29) is 0 Å². The van der Waals surface area contributed by atoms with Crippen molar-refractivity contribution in [2.24, 2.45) is 0 Å². The van der Waals surface area contributed by atoms with E-state index in [4.69, 9.17) is 4.98 Å². The van der Waals surface area contributed by atoms with E-state index in [1.165, 1.54) is 53.8 Å². The first kappa shape index (κ1) is 11.6. The molecule has 98 valence electrons. The number of hydrogen-bond acceptors (Lipinski definition) is 3. The Labute approximate surface area is 117 Å². The Hall–Kier alpha value is -1.19. The summed E-state index contributed by atoms with van der Waals surface area (Å²) in [5.41, 5.74) is 5.50. The normalized spacial score (nSPS) is 17.7. The van der Waals surface area contributed by atoms with Crippen LogP contribution in [-0.2, 0) is 19.4 Å². The third kappa shape index (κ3) is 2.45. The molecule has 0 saturated heterocycles. The van der Waals surface area contributed by atoms with Gasteiger partial charge in [-0.1, -0.05) is 12.1 Å². The van der Waals surface area contributed by atoms with Crippen LogP contribution in [0.3, 0.4) is 0 Å². The fourth-order valence-electron chi connectivity index (χ4n) is 2.77. The van der Waals surface area contributed by atoms with E-state index >= 15 is 0 Å². The lowest BCUT2D eigenvalue weighted by Gasteiger charge is -2.02. The molecule has 2 nitrogen and oxygen atoms in total. The first-order valence-electron chi connectivity index (χ1n) is 7.18. The third-order valence-electron chi connectivity index (χ3n) is 4.07. The van der Waals surface area contributed by atoms with Gasteiger partial charge < -0.3 is 5.32 Å². The molecule has 0 amide bonds. The van der Waals surface area contributed by atoms with Crippen LogP contribution in [0.2, 0.25) is 0 Å². The van der Waals surface area contributed by atoms with Crippen molar-refractivity contribution in [3.05, 3.63) is 39.7 Å². The largest absolute Gasteiger partial charge is 0.308 e. The Balaban J connectivity index is 1.54. The van der Waals surface area contributed by atoms with Crippen molar-refractivity contribution in [3.8, 4) is 11.3 Å². The number of hydrogen-bond donors (Lipinski definition) is 1. The first-order valence-corrected chi connectivity index (χ1v) is 8.06. The van der Waals surface area contributed by atoms with Gasteiger partial charge in [-0.25, -0.2) is 4.98 Å². The van der Waals surface area contributed by atoms with Gasteiger partial charge in [0, 0.05) is 23.5 Å². The number of aryl methyl sites for hydroxylation is 2. The fourth-order valence-corrected chi connectivity index (χ4v) is 3.53. The third-order valence-corrected chi connectivity index (χ3v) is 4.91. The highest BCUT2D eigenvalue weighted by atomic mass is 32.1. The molecule has 0 atom stereocenters. The number of aromatic nitrogens is 1. The Morgan fingerprint density at radius 3 is 3.00 bits per heavy atom. The molecule has 2 aliphatic carbocycles. The average Bonchev–Trinajstić information content (AvgIpc) is 2.96.